The zero-order valence-electron chi connectivity index (χ0n) is 7.33. The number of hydrogen-bond donors (Lipinski definition) is 1. The third kappa shape index (κ3) is 1.72. The second kappa shape index (κ2) is 3.45. The van der Waals surface area contributed by atoms with Crippen LogP contribution in [-0.4, -0.2) is 11.4 Å². The first kappa shape index (κ1) is 8.68. The molecule has 2 rings (SSSR count). The molecule has 0 unspecified atom stereocenters. The maximum Gasteiger partial charge on any atom is 0.0605 e. The van der Waals surface area contributed by atoms with Crippen LogP contribution in [0.5, 0.6) is 0 Å². The van der Waals surface area contributed by atoms with Gasteiger partial charge >= 0.3 is 0 Å². The van der Waals surface area contributed by atoms with Crippen molar-refractivity contribution in [2.75, 3.05) is 6.54 Å². The maximum absolute atomic E-state index is 5.27. The van der Waals surface area contributed by atoms with Crippen LogP contribution in [0.2, 0.25) is 0 Å². The van der Waals surface area contributed by atoms with Gasteiger partial charge in [-0.05, 0) is 23.3 Å². The fourth-order valence-electron chi connectivity index (χ4n) is 1.69. The van der Waals surface area contributed by atoms with Gasteiger partial charge in [-0.3, -0.25) is 4.90 Å². The monoisotopic (exact) mass is 189 g/mol. The van der Waals surface area contributed by atoms with Gasteiger partial charge in [0, 0.05) is 18.0 Å². The van der Waals surface area contributed by atoms with E-state index in [2.05, 4.69) is 35.6 Å². The van der Waals surface area contributed by atoms with Gasteiger partial charge in [0.15, 0.2) is 0 Å². The van der Waals surface area contributed by atoms with Crippen LogP contribution in [0.25, 0.3) is 0 Å². The summed E-state index contributed by atoms with van der Waals surface area (Å²) in [7, 11) is 0. The molecule has 0 aliphatic carbocycles. The van der Waals surface area contributed by atoms with Crippen molar-refractivity contribution in [2.24, 2.45) is 0 Å². The Morgan fingerprint density at radius 1 is 1.38 bits per heavy atom. The predicted molar refractivity (Wildman–Crippen MR) is 56.6 cm³/mol. The third-order valence-corrected chi connectivity index (χ3v) is 2.57. The molecule has 0 bridgehead atoms. The van der Waals surface area contributed by atoms with Crippen LogP contribution in [0, 0.1) is 12.3 Å². The van der Waals surface area contributed by atoms with E-state index in [0.717, 1.165) is 24.5 Å². The van der Waals surface area contributed by atoms with Gasteiger partial charge < -0.3 is 0 Å². The Kier molecular flexibility index (Phi) is 2.30. The molecule has 0 amide bonds. The Morgan fingerprint density at radius 3 is 2.92 bits per heavy atom. The molecule has 0 N–H and O–H groups in total. The van der Waals surface area contributed by atoms with Crippen molar-refractivity contribution in [3.63, 3.8) is 0 Å². The Morgan fingerprint density at radius 2 is 2.15 bits per heavy atom. The quantitative estimate of drug-likeness (QED) is 0.522. The molecule has 1 aliphatic rings. The van der Waals surface area contributed by atoms with E-state index in [1.165, 1.54) is 11.1 Å². The molecule has 1 aromatic rings. The molecule has 2 heteroatoms. The van der Waals surface area contributed by atoms with E-state index in [4.69, 9.17) is 6.42 Å². The minimum atomic E-state index is 0.733. The summed E-state index contributed by atoms with van der Waals surface area (Å²) in [5, 5.41) is 0. The average Bonchev–Trinajstić information content (AvgIpc) is 2.46. The molecule has 0 saturated heterocycles. The summed E-state index contributed by atoms with van der Waals surface area (Å²) in [6.07, 6.45) is 5.27. The van der Waals surface area contributed by atoms with E-state index in [0.29, 0.717) is 0 Å². The van der Waals surface area contributed by atoms with E-state index in [-0.39, 0.29) is 0 Å². The van der Waals surface area contributed by atoms with Gasteiger partial charge in [-0.1, -0.05) is 12.0 Å². The van der Waals surface area contributed by atoms with Gasteiger partial charge in [0.1, 0.15) is 0 Å². The van der Waals surface area contributed by atoms with Crippen molar-refractivity contribution >= 4 is 12.6 Å². The largest absolute Gasteiger partial charge is 0.284 e. The summed E-state index contributed by atoms with van der Waals surface area (Å²) in [5.74, 6) is 2.67. The molecule has 0 radical (unpaired) electrons. The summed E-state index contributed by atoms with van der Waals surface area (Å²) < 4.78 is 0. The topological polar surface area (TPSA) is 3.24 Å². The van der Waals surface area contributed by atoms with Gasteiger partial charge in [-0.2, -0.15) is 0 Å². The first-order valence-corrected chi connectivity index (χ1v) is 4.71. The number of hydrogen-bond acceptors (Lipinski definition) is 2. The van der Waals surface area contributed by atoms with Crippen LogP contribution >= 0.6 is 12.6 Å². The number of fused-ring (bicyclic) bond motifs is 1. The summed E-state index contributed by atoms with van der Waals surface area (Å²) in [5.41, 5.74) is 2.75. The third-order valence-electron chi connectivity index (χ3n) is 2.29. The molecule has 0 aromatic heterocycles. The van der Waals surface area contributed by atoms with Gasteiger partial charge in [0.25, 0.3) is 0 Å². The number of terminal acetylenes is 1. The van der Waals surface area contributed by atoms with Crippen LogP contribution in [-0.2, 0) is 13.1 Å². The molecule has 0 saturated carbocycles. The van der Waals surface area contributed by atoms with E-state index in [1.54, 1.807) is 0 Å². The molecule has 1 heterocycles. The second-order valence-corrected chi connectivity index (χ2v) is 3.82. The number of nitrogens with zero attached hydrogens (tertiary/aromatic N) is 1. The van der Waals surface area contributed by atoms with Crippen molar-refractivity contribution in [1.29, 1.82) is 0 Å². The minimum absolute atomic E-state index is 0.733. The highest BCUT2D eigenvalue weighted by molar-refractivity contribution is 7.80. The molecular weight excluding hydrogens is 178 g/mol. The van der Waals surface area contributed by atoms with Gasteiger partial charge in [-0.15, -0.1) is 19.1 Å². The molecule has 0 atom stereocenters. The fourth-order valence-corrected chi connectivity index (χ4v) is 1.92. The standard InChI is InChI=1S/C11H11NS/c1-2-5-12-7-9-3-4-11(13)6-10(9)8-12/h1,3-4,6,13H,5,7-8H2. The highest BCUT2D eigenvalue weighted by Crippen LogP contribution is 2.24. The van der Waals surface area contributed by atoms with E-state index in [1.807, 2.05) is 6.07 Å². The normalized spacial score (nSPS) is 15.4. The minimum Gasteiger partial charge on any atom is -0.284 e. The molecule has 1 aliphatic heterocycles. The summed E-state index contributed by atoms with van der Waals surface area (Å²) in [4.78, 5) is 3.28. The number of rotatable bonds is 1. The highest BCUT2D eigenvalue weighted by Gasteiger charge is 2.17. The van der Waals surface area contributed by atoms with E-state index >= 15 is 0 Å². The Balaban J connectivity index is 2.21. The zero-order valence-corrected chi connectivity index (χ0v) is 8.22. The van der Waals surface area contributed by atoms with Crippen LogP contribution in [0.3, 0.4) is 0 Å². The Labute approximate surface area is 84.2 Å². The molecule has 0 spiro atoms. The zero-order chi connectivity index (χ0) is 9.26. The van der Waals surface area contributed by atoms with Gasteiger partial charge in [-0.25, -0.2) is 0 Å². The summed E-state index contributed by atoms with van der Waals surface area (Å²) in [6, 6.07) is 6.28. The second-order valence-electron chi connectivity index (χ2n) is 3.30. The molecule has 66 valence electrons. The van der Waals surface area contributed by atoms with Crippen LogP contribution < -0.4 is 0 Å². The van der Waals surface area contributed by atoms with E-state index < -0.39 is 0 Å². The Bertz CT molecular complexity index is 365. The van der Waals surface area contributed by atoms with Crippen LogP contribution in [0.15, 0.2) is 23.1 Å². The molecular formula is C11H11NS. The summed E-state index contributed by atoms with van der Waals surface area (Å²) in [6.45, 7) is 2.68. The lowest BCUT2D eigenvalue weighted by atomic mass is 10.1. The molecule has 13 heavy (non-hydrogen) atoms. The highest BCUT2D eigenvalue weighted by atomic mass is 32.1. The lowest BCUT2D eigenvalue weighted by Gasteiger charge is -2.08. The SMILES string of the molecule is C#CCN1Cc2ccc(S)cc2C1. The Hall–Kier alpha value is -0.910. The lowest BCUT2D eigenvalue weighted by Crippen LogP contribution is -2.15. The van der Waals surface area contributed by atoms with Crippen LogP contribution in [0.1, 0.15) is 11.1 Å². The number of benzene rings is 1. The van der Waals surface area contributed by atoms with Crippen molar-refractivity contribution in [3.8, 4) is 12.3 Å². The molecule has 1 aromatic carbocycles. The predicted octanol–water partition coefficient (Wildman–Crippen LogP) is 1.92. The van der Waals surface area contributed by atoms with Crippen molar-refractivity contribution in [1.82, 2.24) is 4.90 Å². The van der Waals surface area contributed by atoms with Crippen molar-refractivity contribution in [3.05, 3.63) is 29.3 Å². The van der Waals surface area contributed by atoms with E-state index in [9.17, 15) is 0 Å². The van der Waals surface area contributed by atoms with Gasteiger partial charge in [0.05, 0.1) is 6.54 Å². The first-order valence-electron chi connectivity index (χ1n) is 4.26. The lowest BCUT2D eigenvalue weighted by molar-refractivity contribution is 0.322. The van der Waals surface area contributed by atoms with Crippen molar-refractivity contribution in [2.45, 2.75) is 18.0 Å². The fraction of sp³-hybridized carbons (Fsp3) is 0.273. The van der Waals surface area contributed by atoms with Crippen LogP contribution in [0.4, 0.5) is 0 Å². The molecule has 0 fully saturated rings. The first-order chi connectivity index (χ1) is 6.29. The maximum atomic E-state index is 5.27. The number of thiol groups is 1. The summed E-state index contributed by atoms with van der Waals surface area (Å²) >= 11 is 4.31. The van der Waals surface area contributed by atoms with Gasteiger partial charge in [0.2, 0.25) is 0 Å². The smallest absolute Gasteiger partial charge is 0.0605 e. The molecule has 1 nitrogen and oxygen atoms in total. The van der Waals surface area contributed by atoms with Crippen molar-refractivity contribution < 1.29 is 0 Å². The average molecular weight is 189 g/mol.